The molecule has 3 atom stereocenters. The number of quaternary nitrogens is 1. The number of nitrogens with one attached hydrogen (secondary N) is 2. The molecule has 1 amide bonds. The number of amides is 1. The Morgan fingerprint density at radius 1 is 1.20 bits per heavy atom. The second-order valence-corrected chi connectivity index (χ2v) is 8.87. The summed E-state index contributed by atoms with van der Waals surface area (Å²) in [7, 11) is 1.63. The largest absolute Gasteiger partial charge is 0.495 e. The van der Waals surface area contributed by atoms with Crippen LogP contribution in [0.4, 0.5) is 5.69 Å². The first-order valence-electron chi connectivity index (χ1n) is 10.3. The summed E-state index contributed by atoms with van der Waals surface area (Å²) >= 11 is 1.78. The molecule has 154 valence electrons. The summed E-state index contributed by atoms with van der Waals surface area (Å²) in [4.78, 5) is 15.9. The predicted molar refractivity (Wildman–Crippen MR) is 120 cm³/mol. The first kappa shape index (κ1) is 19.2. The van der Waals surface area contributed by atoms with Gasteiger partial charge in [-0.15, -0.1) is 11.3 Å². The van der Waals surface area contributed by atoms with Crippen LogP contribution in [0.15, 0.2) is 58.3 Å². The van der Waals surface area contributed by atoms with Gasteiger partial charge < -0.3 is 19.4 Å². The van der Waals surface area contributed by atoms with Crippen LogP contribution in [0.25, 0.3) is 21.9 Å². The molecule has 5 rings (SSSR count). The lowest BCUT2D eigenvalue weighted by Gasteiger charge is -2.26. The van der Waals surface area contributed by atoms with Gasteiger partial charge in [0, 0.05) is 29.7 Å². The van der Waals surface area contributed by atoms with Crippen LogP contribution in [0.5, 0.6) is 5.75 Å². The Bertz CT molecular complexity index is 1200. The van der Waals surface area contributed by atoms with Gasteiger partial charge in [-0.1, -0.05) is 24.3 Å². The number of carbonyl (C=O) groups excluding carboxylic acids is 1. The molecular weight excluding hydrogens is 396 g/mol. The van der Waals surface area contributed by atoms with Gasteiger partial charge in [-0.3, -0.25) is 4.79 Å². The highest BCUT2D eigenvalue weighted by atomic mass is 32.1. The number of benzene rings is 2. The van der Waals surface area contributed by atoms with Gasteiger partial charge in [0.05, 0.1) is 24.2 Å². The third-order valence-electron chi connectivity index (χ3n) is 6.20. The van der Waals surface area contributed by atoms with E-state index in [0.717, 1.165) is 41.3 Å². The molecule has 1 unspecified atom stereocenters. The van der Waals surface area contributed by atoms with E-state index in [0.29, 0.717) is 17.5 Å². The van der Waals surface area contributed by atoms with Gasteiger partial charge in [-0.05, 0) is 30.5 Å². The average molecular weight is 422 g/mol. The number of furan rings is 1. The summed E-state index contributed by atoms with van der Waals surface area (Å²) in [6.07, 6.45) is 2.27. The van der Waals surface area contributed by atoms with Gasteiger partial charge in [0.1, 0.15) is 23.0 Å². The van der Waals surface area contributed by atoms with Crippen LogP contribution in [-0.4, -0.2) is 25.6 Å². The number of ether oxygens (including phenoxy) is 1. The number of hydrogen-bond acceptors (Lipinski definition) is 4. The number of methoxy groups -OCH3 is 1. The Hall–Kier alpha value is -2.83. The van der Waals surface area contributed by atoms with E-state index in [4.69, 9.17) is 9.15 Å². The van der Waals surface area contributed by atoms with Crippen LogP contribution in [0.3, 0.4) is 0 Å². The molecule has 2 aromatic carbocycles. The average Bonchev–Trinajstić information content (AvgIpc) is 3.51. The minimum absolute atomic E-state index is 0.00205. The molecule has 2 N–H and O–H groups in total. The van der Waals surface area contributed by atoms with Crippen LogP contribution in [0.2, 0.25) is 0 Å². The number of fused-ring (bicyclic) bond motifs is 3. The standard InChI is InChI=1S/C24H24N2O3S/c1-15(26-11-5-8-19(26)23-10-6-12-30-23)24(27)25-18-14-21-17(13-22(18)28-2)16-7-3-4-9-20(16)29-21/h3-4,6-7,9-10,12-15,19H,5,8,11H2,1-2H3,(H,25,27)/p+1/t15-,19+/m0/s1. The van der Waals surface area contributed by atoms with Crippen molar-refractivity contribution in [1.29, 1.82) is 0 Å². The number of rotatable bonds is 5. The Morgan fingerprint density at radius 3 is 2.87 bits per heavy atom. The quantitative estimate of drug-likeness (QED) is 0.502. The predicted octanol–water partition coefficient (Wildman–Crippen LogP) is 4.40. The lowest BCUT2D eigenvalue weighted by molar-refractivity contribution is -0.931. The Balaban J connectivity index is 1.43. The molecule has 2 aromatic heterocycles. The Labute approximate surface area is 179 Å². The van der Waals surface area contributed by atoms with Crippen LogP contribution < -0.4 is 15.0 Å². The van der Waals surface area contributed by atoms with E-state index in [9.17, 15) is 4.79 Å². The smallest absolute Gasteiger partial charge is 0.282 e. The van der Waals surface area contributed by atoms with Crippen molar-refractivity contribution in [2.75, 3.05) is 19.0 Å². The molecule has 0 bridgehead atoms. The molecular formula is C24H25N2O3S+. The van der Waals surface area contributed by atoms with E-state index in [1.807, 2.05) is 43.3 Å². The minimum Gasteiger partial charge on any atom is -0.495 e. The van der Waals surface area contributed by atoms with E-state index in [1.54, 1.807) is 18.4 Å². The lowest BCUT2D eigenvalue weighted by Crippen LogP contribution is -3.15. The molecule has 0 aliphatic carbocycles. The minimum atomic E-state index is -0.157. The maximum Gasteiger partial charge on any atom is 0.282 e. The van der Waals surface area contributed by atoms with Gasteiger partial charge in [0.2, 0.25) is 0 Å². The topological polar surface area (TPSA) is 55.9 Å². The first-order valence-corrected chi connectivity index (χ1v) is 11.2. The monoisotopic (exact) mass is 421 g/mol. The molecule has 30 heavy (non-hydrogen) atoms. The van der Waals surface area contributed by atoms with E-state index < -0.39 is 0 Å². The molecule has 0 saturated carbocycles. The van der Waals surface area contributed by atoms with Crippen LogP contribution >= 0.6 is 11.3 Å². The summed E-state index contributed by atoms with van der Waals surface area (Å²) in [6.45, 7) is 3.03. The Kier molecular flexibility index (Phi) is 4.97. The van der Waals surface area contributed by atoms with Crippen molar-refractivity contribution in [3.05, 3.63) is 58.8 Å². The highest BCUT2D eigenvalue weighted by Crippen LogP contribution is 2.36. The molecule has 1 saturated heterocycles. The van der Waals surface area contributed by atoms with Gasteiger partial charge in [-0.25, -0.2) is 0 Å². The summed E-state index contributed by atoms with van der Waals surface area (Å²) in [5, 5.41) is 7.24. The second kappa shape index (κ2) is 7.78. The SMILES string of the molecule is COc1cc2c(cc1NC(=O)[C@H](C)[NH+]1CCC[C@@H]1c1cccs1)oc1ccccc12. The zero-order chi connectivity index (χ0) is 20.7. The highest BCUT2D eigenvalue weighted by Gasteiger charge is 2.37. The fourth-order valence-corrected chi connectivity index (χ4v) is 5.54. The Morgan fingerprint density at radius 2 is 2.07 bits per heavy atom. The summed E-state index contributed by atoms with van der Waals surface area (Å²) in [6, 6.07) is 16.2. The van der Waals surface area contributed by atoms with E-state index in [-0.39, 0.29) is 11.9 Å². The highest BCUT2D eigenvalue weighted by molar-refractivity contribution is 7.10. The molecule has 3 heterocycles. The molecule has 1 fully saturated rings. The molecule has 1 aliphatic rings. The van der Waals surface area contributed by atoms with Crippen molar-refractivity contribution in [2.24, 2.45) is 0 Å². The maximum absolute atomic E-state index is 13.2. The molecule has 5 nitrogen and oxygen atoms in total. The number of thiophene rings is 1. The van der Waals surface area contributed by atoms with E-state index >= 15 is 0 Å². The van der Waals surface area contributed by atoms with Crippen molar-refractivity contribution in [1.82, 2.24) is 0 Å². The third-order valence-corrected chi connectivity index (χ3v) is 7.18. The van der Waals surface area contributed by atoms with Crippen molar-refractivity contribution in [3.8, 4) is 5.75 Å². The first-order chi connectivity index (χ1) is 14.7. The van der Waals surface area contributed by atoms with Crippen LogP contribution in [0.1, 0.15) is 30.7 Å². The van der Waals surface area contributed by atoms with Gasteiger partial charge in [-0.2, -0.15) is 0 Å². The fraction of sp³-hybridized carbons (Fsp3) is 0.292. The fourth-order valence-electron chi connectivity index (χ4n) is 4.63. The van der Waals surface area contributed by atoms with Crippen molar-refractivity contribution >= 4 is 44.9 Å². The molecule has 0 spiro atoms. The normalized spacial score (nSPS) is 19.9. The summed E-state index contributed by atoms with van der Waals surface area (Å²) in [5.41, 5.74) is 2.21. The molecule has 1 aliphatic heterocycles. The van der Waals surface area contributed by atoms with E-state index in [1.165, 1.54) is 9.78 Å². The lowest BCUT2D eigenvalue weighted by atomic mass is 10.1. The van der Waals surface area contributed by atoms with Crippen LogP contribution in [0, 0.1) is 0 Å². The second-order valence-electron chi connectivity index (χ2n) is 7.89. The zero-order valence-electron chi connectivity index (χ0n) is 17.1. The van der Waals surface area contributed by atoms with Crippen molar-refractivity contribution in [2.45, 2.75) is 31.8 Å². The van der Waals surface area contributed by atoms with Crippen molar-refractivity contribution in [3.63, 3.8) is 0 Å². The van der Waals surface area contributed by atoms with Gasteiger partial charge in [0.15, 0.2) is 6.04 Å². The molecule has 4 aromatic rings. The van der Waals surface area contributed by atoms with Crippen molar-refractivity contribution < 1.29 is 18.8 Å². The molecule has 0 radical (unpaired) electrons. The number of para-hydroxylation sites is 1. The number of carbonyl (C=O) groups is 1. The summed E-state index contributed by atoms with van der Waals surface area (Å²) < 4.78 is 11.6. The third kappa shape index (κ3) is 3.26. The maximum atomic E-state index is 13.2. The van der Waals surface area contributed by atoms with Gasteiger partial charge in [0.25, 0.3) is 5.91 Å². The summed E-state index contributed by atoms with van der Waals surface area (Å²) in [5.74, 6) is 0.642. The molecule has 6 heteroatoms. The number of likely N-dealkylation sites (tertiary alicyclic amines) is 1. The zero-order valence-corrected chi connectivity index (χ0v) is 17.9. The van der Waals surface area contributed by atoms with E-state index in [2.05, 4.69) is 22.8 Å². The number of hydrogen-bond donors (Lipinski definition) is 2. The van der Waals surface area contributed by atoms with Crippen LogP contribution in [-0.2, 0) is 4.79 Å². The van der Waals surface area contributed by atoms with Gasteiger partial charge >= 0.3 is 0 Å². The number of anilines is 1.